The number of aromatic nitrogens is 1. The maximum absolute atomic E-state index is 11.6. The zero-order chi connectivity index (χ0) is 22.9. The van der Waals surface area contributed by atoms with Crippen molar-refractivity contribution in [3.63, 3.8) is 0 Å². The molecular weight excluding hydrogens is 408 g/mol. The molecule has 1 aliphatic rings. The predicted octanol–water partition coefficient (Wildman–Crippen LogP) is 3.73. The first kappa shape index (κ1) is 23.9. The van der Waals surface area contributed by atoms with Crippen molar-refractivity contribution in [1.82, 2.24) is 9.88 Å². The molecule has 1 aromatic carbocycles. The molecule has 1 aromatic heterocycles. The number of rotatable bonds is 10. The van der Waals surface area contributed by atoms with Gasteiger partial charge in [-0.3, -0.25) is 9.69 Å². The molecule has 1 fully saturated rings. The highest BCUT2D eigenvalue weighted by Crippen LogP contribution is 2.28. The van der Waals surface area contributed by atoms with Gasteiger partial charge in [-0.1, -0.05) is 24.3 Å². The van der Waals surface area contributed by atoms with Crippen molar-refractivity contribution < 1.29 is 24.2 Å². The third-order valence-electron chi connectivity index (χ3n) is 5.88. The van der Waals surface area contributed by atoms with Gasteiger partial charge in [0.25, 0.3) is 0 Å². The number of carboxylic acid groups (broad SMARTS) is 1. The highest BCUT2D eigenvalue weighted by molar-refractivity contribution is 5.94. The zero-order valence-electron chi connectivity index (χ0n) is 18.9. The summed E-state index contributed by atoms with van der Waals surface area (Å²) in [5.41, 5.74) is 3.89. The molecule has 2 aromatic rings. The van der Waals surface area contributed by atoms with E-state index in [1.807, 2.05) is 26.0 Å². The van der Waals surface area contributed by atoms with Gasteiger partial charge in [-0.25, -0.2) is 9.78 Å². The molecule has 1 aliphatic heterocycles. The van der Waals surface area contributed by atoms with Gasteiger partial charge in [0.1, 0.15) is 0 Å². The zero-order valence-corrected chi connectivity index (χ0v) is 18.9. The van der Waals surface area contributed by atoms with Crippen molar-refractivity contribution >= 4 is 11.9 Å². The average molecular weight is 441 g/mol. The van der Waals surface area contributed by atoms with E-state index in [0.29, 0.717) is 25.3 Å². The van der Waals surface area contributed by atoms with Gasteiger partial charge in [0.2, 0.25) is 0 Å². The van der Waals surface area contributed by atoms with E-state index in [0.717, 1.165) is 49.9 Å². The minimum atomic E-state index is -1.02. The predicted molar refractivity (Wildman–Crippen MR) is 122 cm³/mol. The number of carboxylic acids is 1. The number of esters is 1. The number of benzene rings is 1. The molecule has 0 unspecified atom stereocenters. The fraction of sp³-hybridized carbons (Fsp3) is 0.480. The van der Waals surface area contributed by atoms with Crippen LogP contribution in [0.4, 0.5) is 0 Å². The summed E-state index contributed by atoms with van der Waals surface area (Å²) in [5.74, 6) is -1.18. The SMILES string of the molecule is CCOC(=O)CN1CCC(OCCCc2cccc(-c3cccnc3C(=O)O)c2C)CC1. The number of nitrogens with zero attached hydrogens (tertiary/aromatic N) is 2. The number of likely N-dealkylation sites (tertiary alicyclic amines) is 1. The van der Waals surface area contributed by atoms with Crippen LogP contribution in [0.15, 0.2) is 36.5 Å². The van der Waals surface area contributed by atoms with Crippen LogP contribution in [0.1, 0.15) is 47.8 Å². The summed E-state index contributed by atoms with van der Waals surface area (Å²) in [5, 5.41) is 9.46. The molecule has 7 nitrogen and oxygen atoms in total. The number of hydrogen-bond acceptors (Lipinski definition) is 6. The summed E-state index contributed by atoms with van der Waals surface area (Å²) >= 11 is 0. The molecule has 172 valence electrons. The fourth-order valence-electron chi connectivity index (χ4n) is 4.18. The van der Waals surface area contributed by atoms with Crippen molar-refractivity contribution in [2.24, 2.45) is 0 Å². The number of aryl methyl sites for hydroxylation is 1. The molecule has 1 N–H and O–H groups in total. The van der Waals surface area contributed by atoms with Crippen molar-refractivity contribution in [3.8, 4) is 11.1 Å². The lowest BCUT2D eigenvalue weighted by atomic mass is 9.93. The normalized spacial score (nSPS) is 14.9. The number of piperidine rings is 1. The Bertz CT molecular complexity index is 922. The van der Waals surface area contributed by atoms with E-state index < -0.39 is 5.97 Å². The Hall–Kier alpha value is -2.77. The quantitative estimate of drug-likeness (QED) is 0.445. The number of aromatic carboxylic acids is 1. The molecule has 7 heteroatoms. The summed E-state index contributed by atoms with van der Waals surface area (Å²) in [6.45, 7) is 7.01. The van der Waals surface area contributed by atoms with E-state index in [4.69, 9.17) is 9.47 Å². The second-order valence-electron chi connectivity index (χ2n) is 8.05. The van der Waals surface area contributed by atoms with E-state index >= 15 is 0 Å². The van der Waals surface area contributed by atoms with Crippen LogP contribution in [0, 0.1) is 6.92 Å². The highest BCUT2D eigenvalue weighted by atomic mass is 16.5. The van der Waals surface area contributed by atoms with E-state index in [1.165, 1.54) is 11.8 Å². The number of hydrogen-bond donors (Lipinski definition) is 1. The number of pyridine rings is 1. The number of ether oxygens (including phenoxy) is 2. The first-order valence-corrected chi connectivity index (χ1v) is 11.3. The Labute approximate surface area is 189 Å². The van der Waals surface area contributed by atoms with Crippen LogP contribution >= 0.6 is 0 Å². The van der Waals surface area contributed by atoms with Gasteiger partial charge in [-0.2, -0.15) is 0 Å². The number of carbonyl (C=O) groups is 2. The first-order valence-electron chi connectivity index (χ1n) is 11.3. The number of carbonyl (C=O) groups excluding carboxylic acids is 1. The lowest BCUT2D eigenvalue weighted by molar-refractivity contribution is -0.145. The molecule has 0 amide bonds. The van der Waals surface area contributed by atoms with Crippen LogP contribution in [-0.2, 0) is 20.7 Å². The van der Waals surface area contributed by atoms with E-state index in [9.17, 15) is 14.7 Å². The maximum atomic E-state index is 11.6. The van der Waals surface area contributed by atoms with Crippen LogP contribution < -0.4 is 0 Å². The van der Waals surface area contributed by atoms with Gasteiger partial charge < -0.3 is 14.6 Å². The third kappa shape index (κ3) is 6.37. The first-order chi connectivity index (χ1) is 15.5. The van der Waals surface area contributed by atoms with Gasteiger partial charge >= 0.3 is 11.9 Å². The molecule has 2 heterocycles. The molecule has 32 heavy (non-hydrogen) atoms. The standard InChI is InChI=1S/C25H32N2O5/c1-3-31-23(28)17-27-14-11-20(12-15-27)32-16-6-8-19-7-4-9-21(18(19)2)22-10-5-13-26-24(22)25(29)30/h4-5,7,9-10,13,20H,3,6,8,11-12,14-17H2,1-2H3,(H,29,30). The lowest BCUT2D eigenvalue weighted by Crippen LogP contribution is -2.40. The summed E-state index contributed by atoms with van der Waals surface area (Å²) < 4.78 is 11.1. The van der Waals surface area contributed by atoms with Crippen LogP contribution in [0.5, 0.6) is 0 Å². The Balaban J connectivity index is 1.48. The Morgan fingerprint density at radius 1 is 1.16 bits per heavy atom. The van der Waals surface area contributed by atoms with Gasteiger partial charge in [-0.05, 0) is 62.3 Å². The topological polar surface area (TPSA) is 89.0 Å². The lowest BCUT2D eigenvalue weighted by Gasteiger charge is -2.31. The summed E-state index contributed by atoms with van der Waals surface area (Å²) in [6, 6.07) is 9.57. The van der Waals surface area contributed by atoms with Crippen LogP contribution in [-0.4, -0.2) is 65.9 Å². The summed E-state index contributed by atoms with van der Waals surface area (Å²) in [7, 11) is 0. The van der Waals surface area contributed by atoms with Crippen LogP contribution in [0.2, 0.25) is 0 Å². The third-order valence-corrected chi connectivity index (χ3v) is 5.88. The molecule has 0 bridgehead atoms. The van der Waals surface area contributed by atoms with E-state index in [-0.39, 0.29) is 17.8 Å². The Morgan fingerprint density at radius 2 is 1.91 bits per heavy atom. The molecule has 0 saturated carbocycles. The molecular formula is C25H32N2O5. The smallest absolute Gasteiger partial charge is 0.355 e. The molecule has 1 saturated heterocycles. The summed E-state index contributed by atoms with van der Waals surface area (Å²) in [4.78, 5) is 29.3. The van der Waals surface area contributed by atoms with E-state index in [2.05, 4.69) is 16.0 Å². The highest BCUT2D eigenvalue weighted by Gasteiger charge is 2.21. The van der Waals surface area contributed by atoms with Crippen molar-refractivity contribution in [2.75, 3.05) is 32.8 Å². The Kier molecular flexibility index (Phi) is 8.76. The average Bonchev–Trinajstić information content (AvgIpc) is 2.79. The summed E-state index contributed by atoms with van der Waals surface area (Å²) in [6.07, 6.45) is 5.34. The monoisotopic (exact) mass is 440 g/mol. The fourth-order valence-corrected chi connectivity index (χ4v) is 4.18. The molecule has 3 rings (SSSR count). The van der Waals surface area contributed by atoms with Gasteiger partial charge in [0, 0.05) is 31.5 Å². The van der Waals surface area contributed by atoms with Crippen LogP contribution in [0.25, 0.3) is 11.1 Å². The maximum Gasteiger partial charge on any atom is 0.355 e. The molecule has 0 spiro atoms. The molecule has 0 aliphatic carbocycles. The largest absolute Gasteiger partial charge is 0.476 e. The second kappa shape index (κ2) is 11.7. The second-order valence-corrected chi connectivity index (χ2v) is 8.05. The van der Waals surface area contributed by atoms with Crippen LogP contribution in [0.3, 0.4) is 0 Å². The van der Waals surface area contributed by atoms with Crippen molar-refractivity contribution in [2.45, 2.75) is 45.6 Å². The molecule has 0 radical (unpaired) electrons. The van der Waals surface area contributed by atoms with Crippen molar-refractivity contribution in [3.05, 3.63) is 53.3 Å². The van der Waals surface area contributed by atoms with Crippen molar-refractivity contribution in [1.29, 1.82) is 0 Å². The van der Waals surface area contributed by atoms with Gasteiger partial charge in [0.15, 0.2) is 5.69 Å². The van der Waals surface area contributed by atoms with E-state index in [1.54, 1.807) is 12.1 Å². The molecule has 0 atom stereocenters. The minimum absolute atomic E-state index is 0.0744. The van der Waals surface area contributed by atoms with Gasteiger partial charge in [-0.15, -0.1) is 0 Å². The minimum Gasteiger partial charge on any atom is -0.476 e. The van der Waals surface area contributed by atoms with Gasteiger partial charge in [0.05, 0.1) is 19.3 Å². The Morgan fingerprint density at radius 3 is 2.62 bits per heavy atom.